The maximum atomic E-state index is 12.3. The summed E-state index contributed by atoms with van der Waals surface area (Å²) in [5.41, 5.74) is 0.253. The number of allylic oxidation sites excluding steroid dienone is 1. The molecule has 7 heteroatoms. The van der Waals surface area contributed by atoms with Gasteiger partial charge in [0.25, 0.3) is 0 Å². The third-order valence-electron chi connectivity index (χ3n) is 4.95. The molecule has 0 radical (unpaired) electrons. The van der Waals surface area contributed by atoms with Crippen LogP contribution in [0.3, 0.4) is 0 Å². The molecule has 2 aromatic rings. The van der Waals surface area contributed by atoms with Crippen LogP contribution in [0.2, 0.25) is 0 Å². The van der Waals surface area contributed by atoms with E-state index in [4.69, 9.17) is 14.2 Å². The summed E-state index contributed by atoms with van der Waals surface area (Å²) in [5.74, 6) is -0.938. The number of carboxylic acids is 1. The van der Waals surface area contributed by atoms with E-state index in [0.29, 0.717) is 6.42 Å². The van der Waals surface area contributed by atoms with Gasteiger partial charge < -0.3 is 19.3 Å². The van der Waals surface area contributed by atoms with Crippen LogP contribution in [0.5, 0.6) is 0 Å². The van der Waals surface area contributed by atoms with E-state index in [2.05, 4.69) is 0 Å². The molecule has 7 nitrogen and oxygen atoms in total. The standard InChI is InChI=1S/C22H27NO6/c1-21(2,3)29-20(26)23-10-9-16-11-15(6-8-18(16)23)5-7-17-12-22(17,19(24)25)13-28-14-27-4/h5-11,17H,12-14H2,1-4H3,(H,24,25). The third-order valence-corrected chi connectivity index (χ3v) is 4.95. The smallest absolute Gasteiger partial charge is 0.418 e. The monoisotopic (exact) mass is 401 g/mol. The third kappa shape index (κ3) is 4.68. The van der Waals surface area contributed by atoms with Crippen molar-refractivity contribution in [3.63, 3.8) is 0 Å². The summed E-state index contributed by atoms with van der Waals surface area (Å²) in [5, 5.41) is 10.5. The number of rotatable bonds is 7. The Balaban J connectivity index is 1.72. The molecule has 1 aromatic carbocycles. The number of aliphatic carboxylic acids is 1. The minimum Gasteiger partial charge on any atom is -0.481 e. The lowest BCUT2D eigenvalue weighted by Crippen LogP contribution is -2.26. The van der Waals surface area contributed by atoms with Crippen molar-refractivity contribution in [2.75, 3.05) is 20.5 Å². The second-order valence-corrected chi connectivity index (χ2v) is 8.37. The van der Waals surface area contributed by atoms with Crippen molar-refractivity contribution >= 4 is 29.0 Å². The average molecular weight is 401 g/mol. The van der Waals surface area contributed by atoms with Gasteiger partial charge in [0.05, 0.1) is 17.5 Å². The lowest BCUT2D eigenvalue weighted by molar-refractivity contribution is -0.148. The highest BCUT2D eigenvalue weighted by Gasteiger charge is 2.59. The number of nitrogens with zero attached hydrogens (tertiary/aromatic N) is 1. The number of methoxy groups -OCH3 is 1. The first-order chi connectivity index (χ1) is 13.7. The van der Waals surface area contributed by atoms with Crippen molar-refractivity contribution in [2.45, 2.75) is 32.8 Å². The van der Waals surface area contributed by atoms with E-state index in [1.807, 2.05) is 57.2 Å². The van der Waals surface area contributed by atoms with E-state index in [1.54, 1.807) is 6.20 Å². The van der Waals surface area contributed by atoms with Crippen molar-refractivity contribution in [1.82, 2.24) is 4.57 Å². The highest BCUT2D eigenvalue weighted by Crippen LogP contribution is 2.54. The SMILES string of the molecule is COCOCC1(C(=O)O)CC1C=Cc1ccc2c(ccn2C(=O)OC(C)(C)C)c1. The molecule has 2 unspecified atom stereocenters. The number of hydrogen-bond acceptors (Lipinski definition) is 5. The van der Waals surface area contributed by atoms with E-state index >= 15 is 0 Å². The summed E-state index contributed by atoms with van der Waals surface area (Å²) in [4.78, 5) is 24.0. The zero-order chi connectivity index (χ0) is 21.2. The van der Waals surface area contributed by atoms with Crippen molar-refractivity contribution in [3.05, 3.63) is 42.1 Å². The average Bonchev–Trinajstić information content (AvgIpc) is 3.18. The number of fused-ring (bicyclic) bond motifs is 1. The Morgan fingerprint density at radius 3 is 2.72 bits per heavy atom. The van der Waals surface area contributed by atoms with Crippen LogP contribution in [-0.4, -0.2) is 47.8 Å². The van der Waals surface area contributed by atoms with E-state index in [9.17, 15) is 14.7 Å². The molecule has 0 bridgehead atoms. The number of ether oxygens (including phenoxy) is 3. The van der Waals surface area contributed by atoms with Gasteiger partial charge >= 0.3 is 12.1 Å². The number of carbonyl (C=O) groups excluding carboxylic acids is 1. The fourth-order valence-corrected chi connectivity index (χ4v) is 3.33. The van der Waals surface area contributed by atoms with Crippen LogP contribution < -0.4 is 0 Å². The molecule has 0 spiro atoms. The molecule has 1 N–H and O–H groups in total. The minimum atomic E-state index is -0.876. The van der Waals surface area contributed by atoms with Crippen LogP contribution in [0.4, 0.5) is 4.79 Å². The molecule has 0 aliphatic heterocycles. The minimum absolute atomic E-state index is 0.0801. The number of carbonyl (C=O) groups is 2. The van der Waals surface area contributed by atoms with Crippen LogP contribution in [0.25, 0.3) is 17.0 Å². The van der Waals surface area contributed by atoms with Gasteiger partial charge in [0.15, 0.2) is 0 Å². The Kier molecular flexibility index (Phi) is 5.82. The number of carboxylic acid groups (broad SMARTS) is 1. The van der Waals surface area contributed by atoms with Crippen LogP contribution in [-0.2, 0) is 19.0 Å². The van der Waals surface area contributed by atoms with E-state index < -0.39 is 23.1 Å². The molecule has 1 heterocycles. The molecule has 1 saturated carbocycles. The number of aromatic nitrogens is 1. The molecule has 0 amide bonds. The quantitative estimate of drug-likeness (QED) is 0.554. The Hall–Kier alpha value is -2.64. The fourth-order valence-electron chi connectivity index (χ4n) is 3.33. The lowest BCUT2D eigenvalue weighted by Gasteiger charge is -2.19. The molecule has 0 saturated heterocycles. The van der Waals surface area contributed by atoms with Gasteiger partial charge in [-0.3, -0.25) is 9.36 Å². The Labute approximate surface area is 169 Å². The summed E-state index contributed by atoms with van der Waals surface area (Å²) in [7, 11) is 1.50. The molecule has 1 fully saturated rings. The van der Waals surface area contributed by atoms with Crippen molar-refractivity contribution in [3.8, 4) is 0 Å². The molecular formula is C22H27NO6. The molecule has 156 valence electrons. The second kappa shape index (κ2) is 8.00. The molecule has 1 aromatic heterocycles. The predicted molar refractivity (Wildman–Crippen MR) is 109 cm³/mol. The van der Waals surface area contributed by atoms with Gasteiger partial charge in [0, 0.05) is 18.7 Å². The molecule has 2 atom stereocenters. The molecule has 3 rings (SSSR count). The normalized spacial score (nSPS) is 21.6. The summed E-state index contributed by atoms with van der Waals surface area (Å²) in [6.07, 6.45) is 5.64. The number of benzene rings is 1. The zero-order valence-electron chi connectivity index (χ0n) is 17.2. The second-order valence-electron chi connectivity index (χ2n) is 8.37. The Bertz CT molecular complexity index is 938. The lowest BCUT2D eigenvalue weighted by atomic mass is 10.0. The van der Waals surface area contributed by atoms with Crippen LogP contribution in [0, 0.1) is 11.3 Å². The van der Waals surface area contributed by atoms with Gasteiger partial charge in [-0.25, -0.2) is 4.79 Å². The summed E-state index contributed by atoms with van der Waals surface area (Å²) in [6.45, 7) is 5.69. The van der Waals surface area contributed by atoms with Gasteiger partial charge in [0.1, 0.15) is 12.4 Å². The first kappa shape index (κ1) is 21.1. The van der Waals surface area contributed by atoms with Gasteiger partial charge in [0.2, 0.25) is 0 Å². The van der Waals surface area contributed by atoms with Crippen molar-refractivity contribution < 1.29 is 28.9 Å². The van der Waals surface area contributed by atoms with E-state index in [-0.39, 0.29) is 19.3 Å². The molecule has 1 aliphatic carbocycles. The molecule has 29 heavy (non-hydrogen) atoms. The van der Waals surface area contributed by atoms with Gasteiger partial charge in [-0.05, 0) is 56.9 Å². The first-order valence-corrected chi connectivity index (χ1v) is 9.49. The topological polar surface area (TPSA) is 87.0 Å². The van der Waals surface area contributed by atoms with Crippen LogP contribution in [0.15, 0.2) is 36.5 Å². The van der Waals surface area contributed by atoms with Crippen molar-refractivity contribution in [2.24, 2.45) is 11.3 Å². The van der Waals surface area contributed by atoms with Crippen LogP contribution in [0.1, 0.15) is 32.8 Å². The summed E-state index contributed by atoms with van der Waals surface area (Å²) in [6, 6.07) is 7.57. The Morgan fingerprint density at radius 2 is 2.07 bits per heavy atom. The van der Waals surface area contributed by atoms with Crippen molar-refractivity contribution in [1.29, 1.82) is 0 Å². The molecule has 1 aliphatic rings. The van der Waals surface area contributed by atoms with Gasteiger partial charge in [-0.1, -0.05) is 18.2 Å². The highest BCUT2D eigenvalue weighted by molar-refractivity contribution is 5.90. The Morgan fingerprint density at radius 1 is 1.31 bits per heavy atom. The first-order valence-electron chi connectivity index (χ1n) is 9.49. The summed E-state index contributed by atoms with van der Waals surface area (Å²) < 4.78 is 17.0. The van der Waals surface area contributed by atoms with Gasteiger partial charge in [-0.15, -0.1) is 0 Å². The van der Waals surface area contributed by atoms with E-state index in [0.717, 1.165) is 16.5 Å². The predicted octanol–water partition coefficient (Wildman–Crippen LogP) is 4.15. The van der Waals surface area contributed by atoms with E-state index in [1.165, 1.54) is 11.7 Å². The fraction of sp³-hybridized carbons (Fsp3) is 0.455. The van der Waals surface area contributed by atoms with Gasteiger partial charge in [-0.2, -0.15) is 0 Å². The number of hydrogen-bond donors (Lipinski definition) is 1. The summed E-state index contributed by atoms with van der Waals surface area (Å²) >= 11 is 0. The maximum Gasteiger partial charge on any atom is 0.418 e. The largest absolute Gasteiger partial charge is 0.481 e. The maximum absolute atomic E-state index is 12.3. The van der Waals surface area contributed by atoms with Crippen LogP contribution >= 0.6 is 0 Å². The molecular weight excluding hydrogens is 374 g/mol. The zero-order valence-corrected chi connectivity index (χ0v) is 17.2. The highest BCUT2D eigenvalue weighted by atomic mass is 16.7.